The Bertz CT molecular complexity index is 841. The molecule has 0 atom stereocenters. The summed E-state index contributed by atoms with van der Waals surface area (Å²) in [6, 6.07) is 12.4. The maximum absolute atomic E-state index is 13.6. The molecule has 3 rings (SSSR count). The zero-order valence-corrected chi connectivity index (χ0v) is 16.0. The van der Waals surface area contributed by atoms with Gasteiger partial charge in [-0.05, 0) is 47.7 Å². The minimum Gasteiger partial charge on any atom is -0.341 e. The number of ether oxygens (including phenoxy) is 2. The van der Waals surface area contributed by atoms with E-state index < -0.39 is 12.1 Å². The maximum atomic E-state index is 13.6. The summed E-state index contributed by atoms with van der Waals surface area (Å²) in [4.78, 5) is 0. The van der Waals surface area contributed by atoms with Crippen LogP contribution >= 0.6 is 11.6 Å². The molecular formula is C23H22ClFO2. The fraction of sp³-hybridized carbons (Fsp3) is 0.304. The molecule has 1 saturated heterocycles. The van der Waals surface area contributed by atoms with Gasteiger partial charge in [-0.2, -0.15) is 0 Å². The Morgan fingerprint density at radius 2 is 1.81 bits per heavy atom. The number of hydrogen-bond acceptors (Lipinski definition) is 2. The Morgan fingerprint density at radius 1 is 1.11 bits per heavy atom. The van der Waals surface area contributed by atoms with Crippen LogP contribution in [-0.2, 0) is 9.47 Å². The first-order chi connectivity index (χ1) is 13.2. The number of rotatable bonds is 4. The highest BCUT2D eigenvalue weighted by Gasteiger charge is 2.18. The second-order valence-corrected chi connectivity index (χ2v) is 6.86. The topological polar surface area (TPSA) is 18.5 Å². The Labute approximate surface area is 165 Å². The normalized spacial score (nSPS) is 19.7. The molecule has 2 aromatic carbocycles. The lowest BCUT2D eigenvalue weighted by molar-refractivity contribution is -0.160. The summed E-state index contributed by atoms with van der Waals surface area (Å²) >= 11 is 5.73. The molecule has 2 nitrogen and oxygen atoms in total. The van der Waals surface area contributed by atoms with Crippen LogP contribution in [0.5, 0.6) is 0 Å². The molecule has 1 fully saturated rings. The van der Waals surface area contributed by atoms with Crippen molar-refractivity contribution in [2.45, 2.75) is 26.1 Å². The highest BCUT2D eigenvalue weighted by molar-refractivity contribution is 6.30. The van der Waals surface area contributed by atoms with Crippen LogP contribution in [0.25, 0.3) is 11.1 Å². The van der Waals surface area contributed by atoms with E-state index in [0.29, 0.717) is 19.1 Å². The minimum atomic E-state index is -0.495. The fourth-order valence-corrected chi connectivity index (χ4v) is 2.85. The van der Waals surface area contributed by atoms with Gasteiger partial charge in [0, 0.05) is 11.5 Å². The molecule has 1 aliphatic heterocycles. The second-order valence-electron chi connectivity index (χ2n) is 6.45. The average molecular weight is 385 g/mol. The van der Waals surface area contributed by atoms with Crippen molar-refractivity contribution in [1.29, 1.82) is 0 Å². The van der Waals surface area contributed by atoms with E-state index in [-0.39, 0.29) is 5.02 Å². The molecular weight excluding hydrogens is 363 g/mol. The Morgan fingerprint density at radius 3 is 2.48 bits per heavy atom. The van der Waals surface area contributed by atoms with Gasteiger partial charge in [0.05, 0.1) is 18.2 Å². The monoisotopic (exact) mass is 384 g/mol. The SMILES string of the molecule is CCC/C=C/C1COC(C#Cc2ccc(-c3ccc(Cl)c(F)c3)cc2)OC1. The Balaban J connectivity index is 1.57. The fourth-order valence-electron chi connectivity index (χ4n) is 2.73. The van der Waals surface area contributed by atoms with Crippen molar-refractivity contribution in [3.05, 3.63) is 71.0 Å². The number of hydrogen-bond donors (Lipinski definition) is 0. The largest absolute Gasteiger partial charge is 0.341 e. The molecule has 1 heterocycles. The summed E-state index contributed by atoms with van der Waals surface area (Å²) in [5.41, 5.74) is 2.53. The van der Waals surface area contributed by atoms with Crippen molar-refractivity contribution in [3.63, 3.8) is 0 Å². The lowest BCUT2D eigenvalue weighted by Gasteiger charge is -2.24. The molecule has 0 radical (unpaired) electrons. The van der Waals surface area contributed by atoms with Gasteiger partial charge in [0.15, 0.2) is 0 Å². The van der Waals surface area contributed by atoms with Crippen molar-refractivity contribution in [2.75, 3.05) is 13.2 Å². The molecule has 1 aliphatic rings. The second kappa shape index (κ2) is 9.71. The van der Waals surface area contributed by atoms with E-state index in [1.807, 2.05) is 24.3 Å². The van der Waals surface area contributed by atoms with Crippen LogP contribution in [0.3, 0.4) is 0 Å². The van der Waals surface area contributed by atoms with Gasteiger partial charge in [-0.15, -0.1) is 0 Å². The smallest absolute Gasteiger partial charge is 0.222 e. The van der Waals surface area contributed by atoms with Crippen LogP contribution in [-0.4, -0.2) is 19.5 Å². The summed E-state index contributed by atoms with van der Waals surface area (Å²) in [5.74, 6) is 5.95. The highest BCUT2D eigenvalue weighted by Crippen LogP contribution is 2.24. The Hall–Kier alpha value is -2.12. The van der Waals surface area contributed by atoms with Gasteiger partial charge < -0.3 is 9.47 Å². The van der Waals surface area contributed by atoms with Crippen LogP contribution in [0, 0.1) is 23.6 Å². The van der Waals surface area contributed by atoms with Crippen LogP contribution < -0.4 is 0 Å². The molecule has 0 spiro atoms. The van der Waals surface area contributed by atoms with Gasteiger partial charge in [0.2, 0.25) is 6.29 Å². The predicted molar refractivity (Wildman–Crippen MR) is 107 cm³/mol. The lowest BCUT2D eigenvalue weighted by atomic mass is 10.0. The van der Waals surface area contributed by atoms with Crippen LogP contribution in [0.4, 0.5) is 4.39 Å². The number of allylic oxidation sites excluding steroid dienone is 1. The van der Waals surface area contributed by atoms with Crippen LogP contribution in [0.15, 0.2) is 54.6 Å². The number of benzene rings is 2. The van der Waals surface area contributed by atoms with E-state index in [9.17, 15) is 4.39 Å². The molecule has 0 unspecified atom stereocenters. The molecule has 27 heavy (non-hydrogen) atoms. The van der Waals surface area contributed by atoms with Gasteiger partial charge >= 0.3 is 0 Å². The summed E-state index contributed by atoms with van der Waals surface area (Å²) in [7, 11) is 0. The van der Waals surface area contributed by atoms with Crippen LogP contribution in [0.1, 0.15) is 25.3 Å². The standard InChI is InChI=1S/C23H22ClFO2/c1-2-3-4-5-18-15-26-23(27-16-18)13-8-17-6-9-19(10-7-17)20-11-12-21(24)22(25)14-20/h4-7,9-12,14,18,23H,2-3,15-16H2,1H3/b5-4+. The summed E-state index contributed by atoms with van der Waals surface area (Å²) in [6.45, 7) is 3.41. The third-order valence-electron chi connectivity index (χ3n) is 4.26. The highest BCUT2D eigenvalue weighted by atomic mass is 35.5. The zero-order chi connectivity index (χ0) is 19.1. The first kappa shape index (κ1) is 19.6. The molecule has 0 aliphatic carbocycles. The van der Waals surface area contributed by atoms with E-state index in [1.165, 1.54) is 6.07 Å². The van der Waals surface area contributed by atoms with Crippen molar-refractivity contribution >= 4 is 11.6 Å². The van der Waals surface area contributed by atoms with Gasteiger partial charge in [-0.25, -0.2) is 4.39 Å². The third-order valence-corrected chi connectivity index (χ3v) is 4.57. The molecule has 0 aromatic heterocycles. The van der Waals surface area contributed by atoms with Gasteiger partial charge in [0.25, 0.3) is 0 Å². The predicted octanol–water partition coefficient (Wildman–Crippen LogP) is 5.84. The first-order valence-corrected chi connectivity index (χ1v) is 9.50. The van der Waals surface area contributed by atoms with Crippen molar-refractivity contribution < 1.29 is 13.9 Å². The zero-order valence-electron chi connectivity index (χ0n) is 15.3. The van der Waals surface area contributed by atoms with Crippen molar-refractivity contribution in [1.82, 2.24) is 0 Å². The summed E-state index contributed by atoms with van der Waals surface area (Å²) in [6.07, 6.45) is 6.07. The molecule has 0 saturated carbocycles. The number of unbranched alkanes of at least 4 members (excludes halogenated alkanes) is 1. The van der Waals surface area contributed by atoms with E-state index in [1.54, 1.807) is 12.1 Å². The van der Waals surface area contributed by atoms with Crippen molar-refractivity contribution in [3.8, 4) is 23.0 Å². The van der Waals surface area contributed by atoms with Crippen molar-refractivity contribution in [2.24, 2.45) is 5.92 Å². The molecule has 2 aromatic rings. The van der Waals surface area contributed by atoms with Gasteiger partial charge in [0.1, 0.15) is 5.82 Å². The van der Waals surface area contributed by atoms with E-state index in [2.05, 4.69) is 30.9 Å². The van der Waals surface area contributed by atoms with E-state index in [0.717, 1.165) is 29.5 Å². The molecule has 0 bridgehead atoms. The summed E-state index contributed by atoms with van der Waals surface area (Å²) < 4.78 is 24.9. The molecule has 0 amide bonds. The average Bonchev–Trinajstić information content (AvgIpc) is 2.70. The van der Waals surface area contributed by atoms with Gasteiger partial charge in [-0.3, -0.25) is 0 Å². The quantitative estimate of drug-likeness (QED) is 0.486. The molecule has 0 N–H and O–H groups in total. The Kier molecular flexibility index (Phi) is 7.06. The van der Waals surface area contributed by atoms with E-state index in [4.69, 9.17) is 21.1 Å². The third kappa shape index (κ3) is 5.68. The summed E-state index contributed by atoms with van der Waals surface area (Å²) in [5, 5.41) is 0.122. The van der Waals surface area contributed by atoms with E-state index >= 15 is 0 Å². The first-order valence-electron chi connectivity index (χ1n) is 9.12. The molecule has 4 heteroatoms. The lowest BCUT2D eigenvalue weighted by Crippen LogP contribution is -2.30. The van der Waals surface area contributed by atoms with Gasteiger partial charge in [-0.1, -0.05) is 61.2 Å². The minimum absolute atomic E-state index is 0.122. The van der Waals surface area contributed by atoms with Crippen LogP contribution in [0.2, 0.25) is 5.02 Å². The maximum Gasteiger partial charge on any atom is 0.222 e. The number of halogens is 2. The molecule has 140 valence electrons.